The van der Waals surface area contributed by atoms with Gasteiger partial charge in [0.05, 0.1) is 12.5 Å². The van der Waals surface area contributed by atoms with Gasteiger partial charge in [-0.1, -0.05) is 99.6 Å². The number of nitrogens with one attached hydrogen (secondary N) is 2. The van der Waals surface area contributed by atoms with Crippen LogP contribution in [0.15, 0.2) is 78.9 Å². The van der Waals surface area contributed by atoms with Crippen molar-refractivity contribution in [1.82, 2.24) is 10.6 Å². The van der Waals surface area contributed by atoms with E-state index < -0.39 is 29.3 Å². The van der Waals surface area contributed by atoms with Crippen molar-refractivity contribution < 1.29 is 19.5 Å². The van der Waals surface area contributed by atoms with Gasteiger partial charge in [0.25, 0.3) is 0 Å². The third kappa shape index (κ3) is 8.54. The zero-order chi connectivity index (χ0) is 29.3. The molecular formula is C34H42N2O4. The normalized spacial score (nSPS) is 13.6. The molecule has 3 N–H and O–H groups in total. The number of amides is 2. The van der Waals surface area contributed by atoms with Crippen molar-refractivity contribution in [2.45, 2.75) is 72.4 Å². The number of rotatable bonds is 12. The van der Waals surface area contributed by atoms with Gasteiger partial charge in [-0.2, -0.15) is 0 Å². The van der Waals surface area contributed by atoms with Gasteiger partial charge in [0.15, 0.2) is 0 Å². The van der Waals surface area contributed by atoms with Crippen molar-refractivity contribution in [2.24, 2.45) is 11.3 Å². The van der Waals surface area contributed by atoms with Gasteiger partial charge in [-0.15, -0.1) is 0 Å². The number of hydrogen-bond acceptors (Lipinski definition) is 3. The number of hydrogen-bond donors (Lipinski definition) is 3. The zero-order valence-electron chi connectivity index (χ0n) is 24.2. The Kier molecular flexibility index (Phi) is 10.7. The van der Waals surface area contributed by atoms with Crippen LogP contribution >= 0.6 is 0 Å². The highest BCUT2D eigenvalue weighted by Gasteiger charge is 2.35. The second-order valence-corrected chi connectivity index (χ2v) is 11.6. The molecule has 2 amide bonds. The molecule has 0 heterocycles. The van der Waals surface area contributed by atoms with E-state index in [9.17, 15) is 19.5 Å². The second-order valence-electron chi connectivity index (χ2n) is 11.6. The van der Waals surface area contributed by atoms with Crippen LogP contribution < -0.4 is 10.6 Å². The Morgan fingerprint density at radius 2 is 1.45 bits per heavy atom. The van der Waals surface area contributed by atoms with Gasteiger partial charge in [-0.25, -0.2) is 0 Å². The molecule has 0 aliphatic rings. The Hall–Kier alpha value is -3.93. The summed E-state index contributed by atoms with van der Waals surface area (Å²) in [6.45, 7) is 9.65. The fourth-order valence-electron chi connectivity index (χ4n) is 5.09. The van der Waals surface area contributed by atoms with Crippen LogP contribution in [0.4, 0.5) is 0 Å². The molecule has 212 valence electrons. The van der Waals surface area contributed by atoms with Gasteiger partial charge in [0.2, 0.25) is 11.8 Å². The molecule has 3 aromatic carbocycles. The lowest BCUT2D eigenvalue weighted by Crippen LogP contribution is -2.55. The Bertz CT molecular complexity index is 1280. The first-order chi connectivity index (χ1) is 19.0. The first-order valence-corrected chi connectivity index (χ1v) is 14.0. The zero-order valence-corrected chi connectivity index (χ0v) is 24.2. The first kappa shape index (κ1) is 30.6. The molecule has 0 saturated heterocycles. The third-order valence-electron chi connectivity index (χ3n) is 7.29. The summed E-state index contributed by atoms with van der Waals surface area (Å²) in [6.07, 6.45) is 1.47. The van der Waals surface area contributed by atoms with Crippen LogP contribution in [0, 0.1) is 18.3 Å². The van der Waals surface area contributed by atoms with E-state index in [0.29, 0.717) is 19.3 Å². The fraction of sp³-hybridized carbons (Fsp3) is 0.382. The average Bonchev–Trinajstić information content (AvgIpc) is 2.91. The minimum Gasteiger partial charge on any atom is -0.481 e. The summed E-state index contributed by atoms with van der Waals surface area (Å²) in [5.41, 5.74) is 5.05. The highest BCUT2D eigenvalue weighted by atomic mass is 16.4. The van der Waals surface area contributed by atoms with Crippen molar-refractivity contribution in [3.63, 3.8) is 0 Å². The summed E-state index contributed by atoms with van der Waals surface area (Å²) >= 11 is 0. The highest BCUT2D eigenvalue weighted by molar-refractivity contribution is 5.90. The largest absolute Gasteiger partial charge is 0.481 e. The number of aliphatic carboxylic acids is 1. The molecule has 6 nitrogen and oxygen atoms in total. The first-order valence-electron chi connectivity index (χ1n) is 14.0. The number of carbonyl (C=O) groups excluding carboxylic acids is 2. The Labute approximate surface area is 238 Å². The second kappa shape index (κ2) is 13.9. The van der Waals surface area contributed by atoms with Gasteiger partial charge in [0.1, 0.15) is 6.04 Å². The van der Waals surface area contributed by atoms with Crippen LogP contribution in [0.5, 0.6) is 0 Å². The Morgan fingerprint density at radius 1 is 0.825 bits per heavy atom. The van der Waals surface area contributed by atoms with Crippen LogP contribution in [0.25, 0.3) is 11.1 Å². The summed E-state index contributed by atoms with van der Waals surface area (Å²) in [5.74, 6) is -2.47. The minimum absolute atomic E-state index is 0.238. The van der Waals surface area contributed by atoms with E-state index in [1.165, 1.54) is 16.7 Å². The van der Waals surface area contributed by atoms with Crippen LogP contribution in [0.1, 0.15) is 69.7 Å². The average molecular weight is 543 g/mol. The molecule has 0 aliphatic heterocycles. The predicted molar refractivity (Wildman–Crippen MR) is 160 cm³/mol. The Balaban J connectivity index is 1.71. The number of carboxylic acids is 1. The van der Waals surface area contributed by atoms with Crippen LogP contribution in [0.3, 0.4) is 0 Å². The standard InChI is InChI=1S/C34H42N2O4/c1-23-14-12-19-27(30(23)26-17-10-7-11-18-26)20-13-21-28(22-29(37)38)32(39)36-31(34(3,4)5)33(40)35-24(2)25-15-8-6-9-16-25/h6-12,14-19,24,28,31H,13,20-22H2,1-5H3,(H,35,40)(H,36,39)(H,37,38)/t24-,28-,31-/m1/s1. The molecule has 0 radical (unpaired) electrons. The van der Waals surface area contributed by atoms with E-state index in [1.54, 1.807) is 0 Å². The SMILES string of the molecule is Cc1cccc(CCC[C@H](CC(=O)O)C(=O)N[C@H](C(=O)N[C@H](C)c2ccccc2)C(C)(C)C)c1-c1ccccc1. The van der Waals surface area contributed by atoms with Crippen LogP contribution in [-0.4, -0.2) is 28.9 Å². The van der Waals surface area contributed by atoms with Gasteiger partial charge in [-0.3, -0.25) is 14.4 Å². The summed E-state index contributed by atoms with van der Waals surface area (Å²) in [4.78, 5) is 38.4. The predicted octanol–water partition coefficient (Wildman–Crippen LogP) is 6.48. The Morgan fingerprint density at radius 3 is 2.05 bits per heavy atom. The number of carboxylic acid groups (broad SMARTS) is 1. The molecule has 6 heteroatoms. The quantitative estimate of drug-likeness (QED) is 0.244. The lowest BCUT2D eigenvalue weighted by Gasteiger charge is -2.32. The third-order valence-corrected chi connectivity index (χ3v) is 7.29. The molecule has 40 heavy (non-hydrogen) atoms. The van der Waals surface area contributed by atoms with E-state index in [4.69, 9.17) is 0 Å². The highest BCUT2D eigenvalue weighted by Crippen LogP contribution is 2.29. The molecule has 0 spiro atoms. The van der Waals surface area contributed by atoms with Gasteiger partial charge < -0.3 is 15.7 Å². The molecule has 0 unspecified atom stereocenters. The van der Waals surface area contributed by atoms with Gasteiger partial charge in [0, 0.05) is 5.92 Å². The smallest absolute Gasteiger partial charge is 0.304 e. The molecule has 3 aromatic rings. The topological polar surface area (TPSA) is 95.5 Å². The van der Waals surface area contributed by atoms with Gasteiger partial charge >= 0.3 is 5.97 Å². The number of benzene rings is 3. The molecular weight excluding hydrogens is 500 g/mol. The molecule has 0 saturated carbocycles. The number of aryl methyl sites for hydroxylation is 2. The maximum Gasteiger partial charge on any atom is 0.304 e. The van der Waals surface area contributed by atoms with Crippen molar-refractivity contribution in [3.8, 4) is 11.1 Å². The maximum atomic E-state index is 13.4. The molecule has 0 bridgehead atoms. The van der Waals surface area contributed by atoms with Crippen LogP contribution in [-0.2, 0) is 20.8 Å². The van der Waals surface area contributed by atoms with E-state index in [1.807, 2.05) is 82.3 Å². The van der Waals surface area contributed by atoms with Crippen molar-refractivity contribution in [2.75, 3.05) is 0 Å². The lowest BCUT2D eigenvalue weighted by molar-refractivity contribution is -0.142. The van der Waals surface area contributed by atoms with Crippen molar-refractivity contribution >= 4 is 17.8 Å². The summed E-state index contributed by atoms with van der Waals surface area (Å²) < 4.78 is 0. The van der Waals surface area contributed by atoms with E-state index in [0.717, 1.165) is 11.1 Å². The minimum atomic E-state index is -1.03. The monoisotopic (exact) mass is 542 g/mol. The summed E-state index contributed by atoms with van der Waals surface area (Å²) in [6, 6.07) is 25.0. The molecule has 3 atom stereocenters. The molecule has 0 aromatic heterocycles. The molecule has 3 rings (SSSR count). The molecule has 0 fully saturated rings. The summed E-state index contributed by atoms with van der Waals surface area (Å²) in [7, 11) is 0. The van der Waals surface area contributed by atoms with E-state index >= 15 is 0 Å². The van der Waals surface area contributed by atoms with Gasteiger partial charge in [-0.05, 0) is 66.3 Å². The van der Waals surface area contributed by atoms with Crippen molar-refractivity contribution in [3.05, 3.63) is 95.6 Å². The molecule has 0 aliphatic carbocycles. The van der Waals surface area contributed by atoms with Crippen molar-refractivity contribution in [1.29, 1.82) is 0 Å². The van der Waals surface area contributed by atoms with Crippen LogP contribution in [0.2, 0.25) is 0 Å². The van der Waals surface area contributed by atoms with E-state index in [-0.39, 0.29) is 18.4 Å². The maximum absolute atomic E-state index is 13.4. The number of carbonyl (C=O) groups is 3. The summed E-state index contributed by atoms with van der Waals surface area (Å²) in [5, 5.41) is 15.5. The van der Waals surface area contributed by atoms with E-state index in [2.05, 4.69) is 41.8 Å². The lowest BCUT2D eigenvalue weighted by atomic mass is 9.85. The fourth-order valence-corrected chi connectivity index (χ4v) is 5.09.